The fourth-order valence-electron chi connectivity index (χ4n) is 1.42. The Morgan fingerprint density at radius 2 is 1.18 bits per heavy atom. The van der Waals surface area contributed by atoms with Crippen molar-refractivity contribution in [3.8, 4) is 11.4 Å². The van der Waals surface area contributed by atoms with Crippen molar-refractivity contribution in [2.75, 3.05) is 0 Å². The van der Waals surface area contributed by atoms with Crippen LogP contribution in [-0.2, 0) is 0 Å². The molecule has 0 saturated heterocycles. The molecule has 0 saturated carbocycles. The van der Waals surface area contributed by atoms with Gasteiger partial charge in [0.2, 0.25) is 0 Å². The van der Waals surface area contributed by atoms with Crippen molar-refractivity contribution in [2.24, 2.45) is 0 Å². The molecule has 0 atom stereocenters. The Kier molecular flexibility index (Phi) is 4.31. The number of pyridine rings is 2. The van der Waals surface area contributed by atoms with Crippen molar-refractivity contribution in [3.05, 3.63) is 60.9 Å². The predicted octanol–water partition coefficient (Wildman–Crippen LogP) is 3.59. The summed E-state index contributed by atoms with van der Waals surface area (Å²) >= 11 is 0. The van der Waals surface area contributed by atoms with Gasteiger partial charge in [-0.05, 0) is 36.4 Å². The maximum absolute atomic E-state index is 4.42. The van der Waals surface area contributed by atoms with Crippen molar-refractivity contribution in [1.82, 2.24) is 16.1 Å². The van der Waals surface area contributed by atoms with Crippen molar-refractivity contribution < 1.29 is 0 Å². The number of hydrogen-bond acceptors (Lipinski definition) is 3. The van der Waals surface area contributed by atoms with Gasteiger partial charge in [0, 0.05) is 0 Å². The number of nitrogens with zero attached hydrogens (tertiary/aromatic N) is 2. The molecule has 0 fully saturated rings. The summed E-state index contributed by atoms with van der Waals surface area (Å²) in [6.07, 6.45) is 3.45. The Bertz CT molecular complexity index is 483. The van der Waals surface area contributed by atoms with Gasteiger partial charge in [0.15, 0.2) is 0 Å². The van der Waals surface area contributed by atoms with E-state index in [1.54, 1.807) is 12.2 Å². The first-order valence-electron chi connectivity index (χ1n) is 5.03. The molecular formula is C14H15N3. The van der Waals surface area contributed by atoms with Crippen molar-refractivity contribution in [3.63, 3.8) is 0 Å². The van der Waals surface area contributed by atoms with Gasteiger partial charge < -0.3 is 6.15 Å². The van der Waals surface area contributed by atoms with Crippen LogP contribution in [0.25, 0.3) is 23.5 Å². The summed E-state index contributed by atoms with van der Waals surface area (Å²) in [4.78, 5) is 8.84. The van der Waals surface area contributed by atoms with E-state index in [2.05, 4.69) is 23.1 Å². The minimum absolute atomic E-state index is 0. The van der Waals surface area contributed by atoms with Gasteiger partial charge in [-0.2, -0.15) is 0 Å². The molecule has 3 nitrogen and oxygen atoms in total. The summed E-state index contributed by atoms with van der Waals surface area (Å²) in [5.74, 6) is 0. The van der Waals surface area contributed by atoms with E-state index in [9.17, 15) is 0 Å². The van der Waals surface area contributed by atoms with E-state index in [4.69, 9.17) is 0 Å². The van der Waals surface area contributed by atoms with Gasteiger partial charge in [-0.15, -0.1) is 0 Å². The van der Waals surface area contributed by atoms with Gasteiger partial charge in [0.25, 0.3) is 0 Å². The van der Waals surface area contributed by atoms with Crippen molar-refractivity contribution in [2.45, 2.75) is 0 Å². The molecule has 0 aliphatic carbocycles. The van der Waals surface area contributed by atoms with E-state index < -0.39 is 0 Å². The van der Waals surface area contributed by atoms with E-state index in [1.165, 1.54) is 0 Å². The summed E-state index contributed by atoms with van der Waals surface area (Å²) in [6.45, 7) is 7.40. The quantitative estimate of drug-likeness (QED) is 0.868. The zero-order chi connectivity index (χ0) is 11.4. The van der Waals surface area contributed by atoms with Gasteiger partial charge >= 0.3 is 0 Å². The molecule has 0 aliphatic rings. The fourth-order valence-corrected chi connectivity index (χ4v) is 1.42. The predicted molar refractivity (Wildman–Crippen MR) is 72.7 cm³/mol. The van der Waals surface area contributed by atoms with Crippen molar-refractivity contribution in [1.29, 1.82) is 0 Å². The molecule has 0 aliphatic heterocycles. The maximum Gasteiger partial charge on any atom is 0.0893 e. The molecular weight excluding hydrogens is 210 g/mol. The molecule has 17 heavy (non-hydrogen) atoms. The van der Waals surface area contributed by atoms with Gasteiger partial charge in [0.1, 0.15) is 0 Å². The Morgan fingerprint density at radius 1 is 0.765 bits per heavy atom. The Balaban J connectivity index is 0.00000144. The van der Waals surface area contributed by atoms with E-state index >= 15 is 0 Å². The summed E-state index contributed by atoms with van der Waals surface area (Å²) < 4.78 is 0. The lowest BCUT2D eigenvalue weighted by Gasteiger charge is -2.02. The lowest BCUT2D eigenvalue weighted by molar-refractivity contribution is 1.22. The second-order valence-electron chi connectivity index (χ2n) is 3.30. The Labute approximate surface area is 101 Å². The highest BCUT2D eigenvalue weighted by molar-refractivity contribution is 5.58. The van der Waals surface area contributed by atoms with Gasteiger partial charge in [0.05, 0.1) is 22.8 Å². The summed E-state index contributed by atoms with van der Waals surface area (Å²) in [5, 5.41) is 0. The van der Waals surface area contributed by atoms with Gasteiger partial charge in [-0.25, -0.2) is 9.97 Å². The van der Waals surface area contributed by atoms with Crippen LogP contribution < -0.4 is 6.15 Å². The van der Waals surface area contributed by atoms with E-state index in [0.717, 1.165) is 22.8 Å². The zero-order valence-corrected chi connectivity index (χ0v) is 9.63. The third kappa shape index (κ3) is 2.86. The summed E-state index contributed by atoms with van der Waals surface area (Å²) in [7, 11) is 0. The highest BCUT2D eigenvalue weighted by atomic mass is 14.8. The summed E-state index contributed by atoms with van der Waals surface area (Å²) in [5.41, 5.74) is 3.40. The first kappa shape index (κ1) is 12.8. The summed E-state index contributed by atoms with van der Waals surface area (Å²) in [6, 6.07) is 11.6. The molecule has 0 radical (unpaired) electrons. The second-order valence-corrected chi connectivity index (χ2v) is 3.30. The van der Waals surface area contributed by atoms with E-state index in [0.29, 0.717) is 0 Å². The lowest BCUT2D eigenvalue weighted by atomic mass is 10.2. The van der Waals surface area contributed by atoms with Gasteiger partial charge in [-0.3, -0.25) is 0 Å². The molecule has 2 rings (SSSR count). The molecule has 2 heterocycles. The molecule has 86 valence electrons. The molecule has 2 aromatic heterocycles. The number of hydrogen-bond donors (Lipinski definition) is 1. The molecule has 3 N–H and O–H groups in total. The molecule has 0 bridgehead atoms. The van der Waals surface area contributed by atoms with Crippen LogP contribution in [-0.4, -0.2) is 9.97 Å². The smallest absolute Gasteiger partial charge is 0.0893 e. The molecule has 0 aromatic carbocycles. The topological polar surface area (TPSA) is 60.8 Å². The van der Waals surface area contributed by atoms with Crippen LogP contribution in [0.3, 0.4) is 0 Å². The Hall–Kier alpha value is -2.26. The minimum Gasteiger partial charge on any atom is -0.344 e. The average molecular weight is 225 g/mol. The SMILES string of the molecule is C=Cc1cccc(-c2cccc(C=C)n2)n1.N. The van der Waals surface area contributed by atoms with Crippen LogP contribution in [0.15, 0.2) is 49.6 Å². The molecule has 0 spiro atoms. The third-order valence-electron chi connectivity index (χ3n) is 2.22. The van der Waals surface area contributed by atoms with E-state index in [-0.39, 0.29) is 6.15 Å². The van der Waals surface area contributed by atoms with Gasteiger partial charge in [-0.1, -0.05) is 25.3 Å². The lowest BCUT2D eigenvalue weighted by Crippen LogP contribution is -1.90. The molecule has 2 aromatic rings. The van der Waals surface area contributed by atoms with Crippen LogP contribution in [0.2, 0.25) is 0 Å². The van der Waals surface area contributed by atoms with Crippen LogP contribution >= 0.6 is 0 Å². The number of aromatic nitrogens is 2. The Morgan fingerprint density at radius 3 is 1.53 bits per heavy atom. The third-order valence-corrected chi connectivity index (χ3v) is 2.22. The fraction of sp³-hybridized carbons (Fsp3) is 0. The molecule has 3 heteroatoms. The largest absolute Gasteiger partial charge is 0.344 e. The van der Waals surface area contributed by atoms with E-state index in [1.807, 2.05) is 36.4 Å². The first-order chi connectivity index (χ1) is 7.83. The van der Waals surface area contributed by atoms with Crippen LogP contribution in [0.5, 0.6) is 0 Å². The maximum atomic E-state index is 4.42. The van der Waals surface area contributed by atoms with Crippen molar-refractivity contribution >= 4 is 12.2 Å². The average Bonchev–Trinajstić information content (AvgIpc) is 2.39. The van der Waals surface area contributed by atoms with Crippen LogP contribution in [0, 0.1) is 0 Å². The highest BCUT2D eigenvalue weighted by Crippen LogP contribution is 2.15. The zero-order valence-electron chi connectivity index (χ0n) is 9.63. The standard InChI is InChI=1S/C14H12N2.H3N/c1-3-11-7-5-9-13(15-11)14-10-6-8-12(4-2)16-14;/h3-10H,1-2H2;1H3. The molecule has 0 unspecified atom stereocenters. The monoisotopic (exact) mass is 225 g/mol. The molecule has 0 amide bonds. The first-order valence-corrected chi connectivity index (χ1v) is 5.03. The van der Waals surface area contributed by atoms with Crippen LogP contribution in [0.4, 0.5) is 0 Å². The second kappa shape index (κ2) is 5.72. The highest BCUT2D eigenvalue weighted by Gasteiger charge is 2.01. The minimum atomic E-state index is 0. The van der Waals surface area contributed by atoms with Crippen LogP contribution in [0.1, 0.15) is 11.4 Å². The number of rotatable bonds is 3. The normalized spacial score (nSPS) is 9.18.